The zero-order chi connectivity index (χ0) is 17.3. The van der Waals surface area contributed by atoms with Crippen molar-refractivity contribution in [2.75, 3.05) is 7.05 Å². The number of fused-ring (bicyclic) bond motifs is 1. The number of carbonyl (C=O) groups is 1. The zero-order valence-corrected chi connectivity index (χ0v) is 14.4. The minimum Gasteiger partial charge on any atom is -0.341 e. The molecule has 0 radical (unpaired) electrons. The highest BCUT2D eigenvalue weighted by Crippen LogP contribution is 2.15. The van der Waals surface area contributed by atoms with Gasteiger partial charge in [0, 0.05) is 50.2 Å². The Labute approximate surface area is 140 Å². The molecule has 3 heterocycles. The van der Waals surface area contributed by atoms with E-state index in [9.17, 15) is 4.79 Å². The topological polar surface area (TPSA) is 81.2 Å². The summed E-state index contributed by atoms with van der Waals surface area (Å²) in [4.78, 5) is 22.7. The van der Waals surface area contributed by atoms with Gasteiger partial charge in [-0.05, 0) is 25.8 Å². The monoisotopic (exact) mass is 327 g/mol. The normalized spacial score (nSPS) is 11.2. The molecular formula is C16H21N7O. The van der Waals surface area contributed by atoms with Crippen LogP contribution in [0.2, 0.25) is 0 Å². The Bertz CT molecular complexity index is 880. The molecule has 0 fully saturated rings. The van der Waals surface area contributed by atoms with Gasteiger partial charge < -0.3 is 4.90 Å². The summed E-state index contributed by atoms with van der Waals surface area (Å²) in [6.07, 6.45) is 6.25. The summed E-state index contributed by atoms with van der Waals surface area (Å²) in [5.74, 6) is 0.685. The van der Waals surface area contributed by atoms with Crippen molar-refractivity contribution in [2.24, 2.45) is 7.05 Å². The molecule has 0 aliphatic heterocycles. The molecule has 0 atom stereocenters. The molecule has 0 spiro atoms. The van der Waals surface area contributed by atoms with Gasteiger partial charge in [0.2, 0.25) is 5.91 Å². The highest BCUT2D eigenvalue weighted by Gasteiger charge is 2.15. The molecule has 3 aromatic heterocycles. The van der Waals surface area contributed by atoms with E-state index >= 15 is 0 Å². The number of carbonyl (C=O) groups excluding carboxylic acids is 1. The van der Waals surface area contributed by atoms with Crippen LogP contribution in [0.3, 0.4) is 0 Å². The van der Waals surface area contributed by atoms with Gasteiger partial charge in [-0.1, -0.05) is 0 Å². The highest BCUT2D eigenvalue weighted by atomic mass is 16.2. The van der Waals surface area contributed by atoms with E-state index in [4.69, 9.17) is 0 Å². The summed E-state index contributed by atoms with van der Waals surface area (Å²) in [6, 6.07) is 0. The van der Waals surface area contributed by atoms with E-state index in [1.165, 1.54) is 6.33 Å². The number of amides is 1. The SMILES string of the molecule is Cc1nc2ncnn2c(C)c1CCC(=O)N(C)Cc1cnn(C)c1. The number of aryl methyl sites for hydroxylation is 3. The van der Waals surface area contributed by atoms with Gasteiger partial charge in [-0.3, -0.25) is 9.48 Å². The molecule has 0 N–H and O–H groups in total. The Morgan fingerprint density at radius 2 is 2.08 bits per heavy atom. The Morgan fingerprint density at radius 3 is 2.79 bits per heavy atom. The van der Waals surface area contributed by atoms with Crippen LogP contribution in [0.5, 0.6) is 0 Å². The number of hydrogen-bond acceptors (Lipinski definition) is 5. The van der Waals surface area contributed by atoms with Crippen LogP contribution >= 0.6 is 0 Å². The molecule has 0 saturated heterocycles. The molecule has 126 valence electrons. The molecule has 0 aromatic carbocycles. The molecule has 0 aliphatic carbocycles. The summed E-state index contributed by atoms with van der Waals surface area (Å²) >= 11 is 0. The smallest absolute Gasteiger partial charge is 0.252 e. The van der Waals surface area contributed by atoms with E-state index in [0.29, 0.717) is 25.2 Å². The van der Waals surface area contributed by atoms with Gasteiger partial charge in [0.15, 0.2) is 0 Å². The predicted molar refractivity (Wildman–Crippen MR) is 88.3 cm³/mol. The Morgan fingerprint density at radius 1 is 1.29 bits per heavy atom. The first-order chi connectivity index (χ1) is 11.5. The van der Waals surface area contributed by atoms with Crippen LogP contribution in [-0.4, -0.2) is 47.2 Å². The van der Waals surface area contributed by atoms with Crippen molar-refractivity contribution in [1.29, 1.82) is 0 Å². The Balaban J connectivity index is 1.67. The molecular weight excluding hydrogens is 306 g/mol. The Hall–Kier alpha value is -2.77. The third-order valence-corrected chi connectivity index (χ3v) is 4.18. The van der Waals surface area contributed by atoms with Crippen molar-refractivity contribution >= 4 is 11.7 Å². The second kappa shape index (κ2) is 6.38. The first kappa shape index (κ1) is 16.1. The van der Waals surface area contributed by atoms with Crippen LogP contribution in [-0.2, 0) is 24.8 Å². The van der Waals surface area contributed by atoms with Crippen LogP contribution < -0.4 is 0 Å². The summed E-state index contributed by atoms with van der Waals surface area (Å²) in [7, 11) is 3.68. The second-order valence-corrected chi connectivity index (χ2v) is 6.01. The molecule has 3 rings (SSSR count). The van der Waals surface area contributed by atoms with Crippen LogP contribution in [0.1, 0.15) is 28.9 Å². The van der Waals surface area contributed by atoms with E-state index in [1.807, 2.05) is 34.1 Å². The maximum Gasteiger partial charge on any atom is 0.252 e. The van der Waals surface area contributed by atoms with Crippen molar-refractivity contribution in [2.45, 2.75) is 33.2 Å². The van der Waals surface area contributed by atoms with Crippen molar-refractivity contribution in [1.82, 2.24) is 34.3 Å². The summed E-state index contributed by atoms with van der Waals surface area (Å²) in [6.45, 7) is 4.49. The van der Waals surface area contributed by atoms with E-state index in [1.54, 1.807) is 20.3 Å². The van der Waals surface area contributed by atoms with E-state index < -0.39 is 0 Å². The first-order valence-electron chi connectivity index (χ1n) is 7.83. The number of rotatable bonds is 5. The van der Waals surface area contributed by atoms with Crippen molar-refractivity contribution in [3.8, 4) is 0 Å². The minimum atomic E-state index is 0.0938. The molecule has 0 saturated carbocycles. The predicted octanol–water partition coefficient (Wildman–Crippen LogP) is 1.07. The van der Waals surface area contributed by atoms with Crippen molar-refractivity contribution < 1.29 is 4.79 Å². The lowest BCUT2D eigenvalue weighted by Crippen LogP contribution is -2.26. The average Bonchev–Trinajstić information content (AvgIpc) is 3.15. The third-order valence-electron chi connectivity index (χ3n) is 4.18. The molecule has 0 bridgehead atoms. The van der Waals surface area contributed by atoms with Gasteiger partial charge in [-0.25, -0.2) is 9.50 Å². The highest BCUT2D eigenvalue weighted by molar-refractivity contribution is 5.76. The number of hydrogen-bond donors (Lipinski definition) is 0. The lowest BCUT2D eigenvalue weighted by molar-refractivity contribution is -0.130. The maximum atomic E-state index is 12.4. The fourth-order valence-electron chi connectivity index (χ4n) is 2.86. The second-order valence-electron chi connectivity index (χ2n) is 6.01. The Kier molecular flexibility index (Phi) is 4.28. The summed E-state index contributed by atoms with van der Waals surface area (Å²) in [5.41, 5.74) is 3.95. The van der Waals surface area contributed by atoms with E-state index in [0.717, 1.165) is 22.5 Å². The van der Waals surface area contributed by atoms with Crippen molar-refractivity contribution in [3.05, 3.63) is 41.2 Å². The van der Waals surface area contributed by atoms with Gasteiger partial charge in [0.05, 0.1) is 6.20 Å². The van der Waals surface area contributed by atoms with Crippen LogP contribution in [0.25, 0.3) is 5.78 Å². The lowest BCUT2D eigenvalue weighted by Gasteiger charge is -2.17. The standard InChI is InChI=1S/C16H21N7O/c1-11-14(12(2)23-16(20-11)17-10-19-23)5-6-15(24)21(3)8-13-7-18-22(4)9-13/h7,9-10H,5-6,8H2,1-4H3. The zero-order valence-electron chi connectivity index (χ0n) is 14.4. The quantitative estimate of drug-likeness (QED) is 0.700. The fourth-order valence-corrected chi connectivity index (χ4v) is 2.86. The molecule has 0 unspecified atom stereocenters. The molecule has 3 aromatic rings. The van der Waals surface area contributed by atoms with Crippen LogP contribution in [0, 0.1) is 13.8 Å². The van der Waals surface area contributed by atoms with Gasteiger partial charge in [0.25, 0.3) is 5.78 Å². The van der Waals surface area contributed by atoms with Crippen molar-refractivity contribution in [3.63, 3.8) is 0 Å². The van der Waals surface area contributed by atoms with Gasteiger partial charge >= 0.3 is 0 Å². The van der Waals surface area contributed by atoms with E-state index in [2.05, 4.69) is 20.2 Å². The average molecular weight is 327 g/mol. The van der Waals surface area contributed by atoms with Gasteiger partial charge in [0.1, 0.15) is 6.33 Å². The van der Waals surface area contributed by atoms with Gasteiger partial charge in [-0.2, -0.15) is 15.2 Å². The fraction of sp³-hybridized carbons (Fsp3) is 0.438. The van der Waals surface area contributed by atoms with Gasteiger partial charge in [-0.15, -0.1) is 0 Å². The largest absolute Gasteiger partial charge is 0.341 e. The van der Waals surface area contributed by atoms with E-state index in [-0.39, 0.29) is 5.91 Å². The first-order valence-corrected chi connectivity index (χ1v) is 7.83. The molecule has 0 aliphatic rings. The molecule has 1 amide bonds. The summed E-state index contributed by atoms with van der Waals surface area (Å²) < 4.78 is 3.45. The maximum absolute atomic E-state index is 12.4. The third kappa shape index (κ3) is 3.12. The lowest BCUT2D eigenvalue weighted by atomic mass is 10.1. The molecule has 8 heteroatoms. The van der Waals surface area contributed by atoms with Crippen LogP contribution in [0.4, 0.5) is 0 Å². The molecule has 8 nitrogen and oxygen atoms in total. The van der Waals surface area contributed by atoms with Crippen LogP contribution in [0.15, 0.2) is 18.7 Å². The number of nitrogens with zero attached hydrogens (tertiary/aromatic N) is 7. The number of aromatic nitrogens is 6. The summed E-state index contributed by atoms with van der Waals surface area (Å²) in [5, 5.41) is 8.30. The molecule has 24 heavy (non-hydrogen) atoms. The minimum absolute atomic E-state index is 0.0938.